The minimum Gasteiger partial charge on any atom is -0.437 e. The largest absolute Gasteiger partial charge is 0.437 e. The Morgan fingerprint density at radius 3 is 1.67 bits per heavy atom. The van der Waals surface area contributed by atoms with Crippen molar-refractivity contribution in [1.29, 1.82) is 0 Å². The van der Waals surface area contributed by atoms with Crippen LogP contribution in [-0.2, 0) is 19.3 Å². The van der Waals surface area contributed by atoms with Gasteiger partial charge >= 0.3 is 0 Å². The quantitative estimate of drug-likeness (QED) is 0.153. The summed E-state index contributed by atoms with van der Waals surface area (Å²) in [5.74, 6) is 1.59. The highest BCUT2D eigenvalue weighted by molar-refractivity contribution is 5.32. The van der Waals surface area contributed by atoms with Crippen molar-refractivity contribution in [2.45, 2.75) is 149 Å². The third kappa shape index (κ3) is 13.4. The highest BCUT2D eigenvalue weighted by atomic mass is 16.5. The smallest absolute Gasteiger partial charge is 0.241 e. The minimum atomic E-state index is 0.714. The third-order valence-electron chi connectivity index (χ3n) is 7.12. The van der Waals surface area contributed by atoms with Crippen molar-refractivity contribution in [3.8, 4) is 11.6 Å². The predicted molar refractivity (Wildman–Crippen MR) is 155 cm³/mol. The van der Waals surface area contributed by atoms with Crippen LogP contribution in [0.4, 0.5) is 0 Å². The topological polar surface area (TPSA) is 35.0 Å². The number of nitrogens with zero attached hydrogens (tertiary/aromatic N) is 2. The van der Waals surface area contributed by atoms with E-state index in [1.165, 1.54) is 108 Å². The Hall–Kier alpha value is -1.90. The van der Waals surface area contributed by atoms with Gasteiger partial charge in [-0.05, 0) is 56.2 Å². The Kier molecular flexibility index (Phi) is 17.0. The van der Waals surface area contributed by atoms with Gasteiger partial charge in [-0.15, -0.1) is 0 Å². The summed E-state index contributed by atoms with van der Waals surface area (Å²) >= 11 is 0. The fourth-order valence-corrected chi connectivity index (χ4v) is 4.73. The van der Waals surface area contributed by atoms with Crippen LogP contribution in [0.1, 0.15) is 147 Å². The molecule has 0 N–H and O–H groups in total. The van der Waals surface area contributed by atoms with E-state index in [1.54, 1.807) is 0 Å². The summed E-state index contributed by atoms with van der Waals surface area (Å²) < 4.78 is 6.31. The van der Waals surface area contributed by atoms with E-state index >= 15 is 0 Å². The van der Waals surface area contributed by atoms with Crippen LogP contribution >= 0.6 is 0 Å². The SMILES string of the molecule is CCCCCCCCCc1ccc(Oc2nc(CCCCCCCCC)cnc2CCCCC)cc1. The molecule has 1 heterocycles. The van der Waals surface area contributed by atoms with Gasteiger partial charge in [0.25, 0.3) is 0 Å². The van der Waals surface area contributed by atoms with E-state index in [0.717, 1.165) is 42.8 Å². The molecule has 0 atom stereocenters. The van der Waals surface area contributed by atoms with E-state index in [0.29, 0.717) is 5.88 Å². The fraction of sp³-hybridized carbons (Fsp3) is 0.697. The van der Waals surface area contributed by atoms with Crippen LogP contribution < -0.4 is 4.74 Å². The van der Waals surface area contributed by atoms with Crippen molar-refractivity contribution in [3.63, 3.8) is 0 Å². The first-order valence-electron chi connectivity index (χ1n) is 15.4. The fourth-order valence-electron chi connectivity index (χ4n) is 4.73. The molecule has 2 aromatic rings. The summed E-state index contributed by atoms with van der Waals surface area (Å²) in [5.41, 5.74) is 3.46. The van der Waals surface area contributed by atoms with Crippen LogP contribution in [0.25, 0.3) is 0 Å². The zero-order valence-electron chi connectivity index (χ0n) is 23.8. The van der Waals surface area contributed by atoms with E-state index in [-0.39, 0.29) is 0 Å². The van der Waals surface area contributed by atoms with Crippen LogP contribution in [0.2, 0.25) is 0 Å². The first-order chi connectivity index (χ1) is 17.8. The van der Waals surface area contributed by atoms with E-state index in [2.05, 4.69) is 45.0 Å². The average molecular weight is 495 g/mol. The van der Waals surface area contributed by atoms with Gasteiger partial charge in [0, 0.05) is 6.20 Å². The van der Waals surface area contributed by atoms with Gasteiger partial charge in [-0.2, -0.15) is 0 Å². The average Bonchev–Trinajstić information content (AvgIpc) is 2.90. The van der Waals surface area contributed by atoms with Gasteiger partial charge in [-0.1, -0.05) is 123 Å². The second kappa shape index (κ2) is 20.2. The third-order valence-corrected chi connectivity index (χ3v) is 7.12. The number of aryl methyl sites for hydroxylation is 3. The molecule has 0 spiro atoms. The Bertz CT molecular complexity index is 787. The number of hydrogen-bond acceptors (Lipinski definition) is 3. The maximum absolute atomic E-state index is 6.31. The molecule has 202 valence electrons. The number of aromatic nitrogens is 2. The van der Waals surface area contributed by atoms with Crippen molar-refractivity contribution in [1.82, 2.24) is 9.97 Å². The van der Waals surface area contributed by atoms with Crippen molar-refractivity contribution < 1.29 is 4.74 Å². The summed E-state index contributed by atoms with van der Waals surface area (Å²) in [5, 5.41) is 0. The zero-order valence-corrected chi connectivity index (χ0v) is 23.8. The van der Waals surface area contributed by atoms with Gasteiger partial charge in [0.2, 0.25) is 5.88 Å². The number of unbranched alkanes of at least 4 members (excludes halogenated alkanes) is 14. The molecule has 1 aromatic heterocycles. The van der Waals surface area contributed by atoms with Crippen LogP contribution in [0.5, 0.6) is 11.6 Å². The predicted octanol–water partition coefficient (Wildman–Crippen LogP) is 10.6. The molecule has 0 aliphatic carbocycles. The molecule has 2 rings (SSSR count). The van der Waals surface area contributed by atoms with Gasteiger partial charge < -0.3 is 4.74 Å². The molecular formula is C33H54N2O. The molecular weight excluding hydrogens is 440 g/mol. The first-order valence-corrected chi connectivity index (χ1v) is 15.4. The monoisotopic (exact) mass is 494 g/mol. The number of rotatable bonds is 22. The summed E-state index contributed by atoms with van der Waals surface area (Å²) in [6, 6.07) is 8.66. The van der Waals surface area contributed by atoms with Gasteiger partial charge in [0.1, 0.15) is 11.4 Å². The molecule has 0 aliphatic heterocycles. The van der Waals surface area contributed by atoms with Gasteiger partial charge in [0.15, 0.2) is 0 Å². The molecule has 0 bridgehead atoms. The molecule has 3 heteroatoms. The Balaban J connectivity index is 1.87. The van der Waals surface area contributed by atoms with Crippen LogP contribution in [0.15, 0.2) is 30.5 Å². The number of benzene rings is 1. The molecule has 1 aromatic carbocycles. The maximum atomic E-state index is 6.31. The lowest BCUT2D eigenvalue weighted by atomic mass is 10.0. The standard InChI is InChI=1S/C33H54N2O/c1-4-7-10-12-14-16-19-21-29-24-26-31(27-25-29)36-33-32(23-18-9-6-3)34-28-30(35-33)22-20-17-15-13-11-8-5-2/h24-28H,4-23H2,1-3H3. The Labute approximate surface area is 222 Å². The lowest BCUT2D eigenvalue weighted by Gasteiger charge is -2.12. The molecule has 0 radical (unpaired) electrons. The van der Waals surface area contributed by atoms with E-state index < -0.39 is 0 Å². The second-order valence-corrected chi connectivity index (χ2v) is 10.6. The molecule has 0 saturated carbocycles. The first kappa shape index (κ1) is 30.3. The highest BCUT2D eigenvalue weighted by Crippen LogP contribution is 2.25. The van der Waals surface area contributed by atoms with E-state index in [4.69, 9.17) is 14.7 Å². The molecule has 0 aliphatic rings. The molecule has 0 fully saturated rings. The summed E-state index contributed by atoms with van der Waals surface area (Å²) in [4.78, 5) is 9.72. The summed E-state index contributed by atoms with van der Waals surface area (Å²) in [6.45, 7) is 6.79. The van der Waals surface area contributed by atoms with Crippen molar-refractivity contribution in [2.24, 2.45) is 0 Å². The van der Waals surface area contributed by atoms with Crippen molar-refractivity contribution >= 4 is 0 Å². The molecule has 0 saturated heterocycles. The minimum absolute atomic E-state index is 0.714. The second-order valence-electron chi connectivity index (χ2n) is 10.6. The van der Waals surface area contributed by atoms with Crippen molar-refractivity contribution in [3.05, 3.63) is 47.4 Å². The lowest BCUT2D eigenvalue weighted by molar-refractivity contribution is 0.446. The van der Waals surface area contributed by atoms with Crippen molar-refractivity contribution in [2.75, 3.05) is 0 Å². The van der Waals surface area contributed by atoms with Crippen LogP contribution in [0, 0.1) is 0 Å². The summed E-state index contributed by atoms with van der Waals surface area (Å²) in [7, 11) is 0. The van der Waals surface area contributed by atoms with Gasteiger partial charge in [-0.25, -0.2) is 4.98 Å². The molecule has 0 amide bonds. The Morgan fingerprint density at radius 2 is 1.06 bits per heavy atom. The van der Waals surface area contributed by atoms with Gasteiger partial charge in [0.05, 0.1) is 5.69 Å². The maximum Gasteiger partial charge on any atom is 0.241 e. The number of hydrogen-bond donors (Lipinski definition) is 0. The van der Waals surface area contributed by atoms with E-state index in [9.17, 15) is 0 Å². The summed E-state index contributed by atoms with van der Waals surface area (Å²) in [6.07, 6.45) is 27.3. The molecule has 3 nitrogen and oxygen atoms in total. The zero-order chi connectivity index (χ0) is 25.7. The van der Waals surface area contributed by atoms with E-state index in [1.807, 2.05) is 6.20 Å². The molecule has 0 unspecified atom stereocenters. The normalized spacial score (nSPS) is 11.2. The number of ether oxygens (including phenoxy) is 1. The van der Waals surface area contributed by atoms with Gasteiger partial charge in [-0.3, -0.25) is 4.98 Å². The van der Waals surface area contributed by atoms with Crippen LogP contribution in [0.3, 0.4) is 0 Å². The highest BCUT2D eigenvalue weighted by Gasteiger charge is 2.11. The molecule has 36 heavy (non-hydrogen) atoms. The lowest BCUT2D eigenvalue weighted by Crippen LogP contribution is -2.02. The van der Waals surface area contributed by atoms with Crippen LogP contribution in [-0.4, -0.2) is 9.97 Å². The Morgan fingerprint density at radius 1 is 0.556 bits per heavy atom.